The van der Waals surface area contributed by atoms with Gasteiger partial charge in [-0.05, 0) is 27.3 Å². The number of aromatic amines is 1. The van der Waals surface area contributed by atoms with Crippen LogP contribution in [-0.2, 0) is 6.54 Å². The third-order valence-electron chi connectivity index (χ3n) is 4.79. The molecule has 1 aliphatic rings. The molecule has 2 aromatic heterocycles. The standard InChI is InChI=1S/C18H26N6O2S/c1-11-16(27-12(2)19-11)17(26)24-7-6-14(10-24)23(5)9-13-8-15(25)21-18(20-13)22(3)4/h8,14H,6-7,9-10H2,1-5H3,(H,20,21,25)/t14-/m1/s1. The van der Waals surface area contributed by atoms with Crippen LogP contribution in [0, 0.1) is 13.8 Å². The molecular weight excluding hydrogens is 364 g/mol. The van der Waals surface area contributed by atoms with E-state index in [0.717, 1.165) is 34.2 Å². The van der Waals surface area contributed by atoms with Gasteiger partial charge in [0.15, 0.2) is 0 Å². The molecule has 1 atom stereocenters. The first kappa shape index (κ1) is 19.5. The lowest BCUT2D eigenvalue weighted by atomic mass is 10.2. The first-order valence-corrected chi connectivity index (χ1v) is 9.77. The van der Waals surface area contributed by atoms with E-state index < -0.39 is 0 Å². The van der Waals surface area contributed by atoms with Crippen LogP contribution in [0.15, 0.2) is 10.9 Å². The fourth-order valence-electron chi connectivity index (χ4n) is 3.33. The van der Waals surface area contributed by atoms with Crippen LogP contribution < -0.4 is 10.5 Å². The maximum atomic E-state index is 12.8. The Labute approximate surface area is 162 Å². The molecule has 0 aliphatic carbocycles. The van der Waals surface area contributed by atoms with E-state index in [1.165, 1.54) is 17.4 Å². The highest BCUT2D eigenvalue weighted by Gasteiger charge is 2.31. The molecule has 1 aliphatic heterocycles. The number of rotatable bonds is 5. The molecule has 0 unspecified atom stereocenters. The van der Waals surface area contributed by atoms with Gasteiger partial charge >= 0.3 is 0 Å². The second-order valence-corrected chi connectivity index (χ2v) is 8.41. The summed E-state index contributed by atoms with van der Waals surface area (Å²) in [5, 5.41) is 0.917. The number of hydrogen-bond acceptors (Lipinski definition) is 7. The van der Waals surface area contributed by atoms with Gasteiger partial charge in [-0.15, -0.1) is 11.3 Å². The van der Waals surface area contributed by atoms with Gasteiger partial charge in [0.25, 0.3) is 11.5 Å². The maximum Gasteiger partial charge on any atom is 0.265 e. The van der Waals surface area contributed by atoms with Crippen molar-refractivity contribution in [3.8, 4) is 0 Å². The molecule has 0 aromatic carbocycles. The van der Waals surface area contributed by atoms with Crippen molar-refractivity contribution in [1.82, 2.24) is 24.8 Å². The number of likely N-dealkylation sites (N-methyl/N-ethyl adjacent to an activating group) is 1. The molecule has 3 heterocycles. The number of hydrogen-bond donors (Lipinski definition) is 1. The SMILES string of the molecule is Cc1nc(C)c(C(=O)N2CC[C@@H](N(C)Cc3cc(=O)[nH]c(N(C)C)n3)C2)s1. The summed E-state index contributed by atoms with van der Waals surface area (Å²) in [6, 6.07) is 1.78. The van der Waals surface area contributed by atoms with Crippen molar-refractivity contribution in [2.24, 2.45) is 0 Å². The van der Waals surface area contributed by atoms with E-state index in [0.29, 0.717) is 19.0 Å². The van der Waals surface area contributed by atoms with Crippen molar-refractivity contribution < 1.29 is 4.79 Å². The lowest BCUT2D eigenvalue weighted by Gasteiger charge is -2.24. The smallest absolute Gasteiger partial charge is 0.265 e. The van der Waals surface area contributed by atoms with E-state index in [1.54, 1.807) is 4.90 Å². The van der Waals surface area contributed by atoms with Crippen molar-refractivity contribution in [3.63, 3.8) is 0 Å². The van der Waals surface area contributed by atoms with Gasteiger partial charge in [-0.2, -0.15) is 0 Å². The number of aromatic nitrogens is 3. The maximum absolute atomic E-state index is 12.8. The number of nitrogens with zero attached hydrogens (tertiary/aromatic N) is 5. The van der Waals surface area contributed by atoms with Gasteiger partial charge in [-0.1, -0.05) is 0 Å². The van der Waals surface area contributed by atoms with Crippen LogP contribution in [0.2, 0.25) is 0 Å². The molecule has 1 amide bonds. The quantitative estimate of drug-likeness (QED) is 0.827. The summed E-state index contributed by atoms with van der Waals surface area (Å²) in [4.78, 5) is 42.8. The number of thiazole rings is 1. The van der Waals surface area contributed by atoms with Gasteiger partial charge in [-0.3, -0.25) is 19.5 Å². The van der Waals surface area contributed by atoms with Crippen LogP contribution in [0.25, 0.3) is 0 Å². The molecular formula is C18H26N6O2S. The molecule has 9 heteroatoms. The molecule has 3 rings (SSSR count). The second-order valence-electron chi connectivity index (χ2n) is 7.21. The Morgan fingerprint density at radius 2 is 2.07 bits per heavy atom. The molecule has 0 spiro atoms. The Kier molecular flexibility index (Phi) is 5.61. The fraction of sp³-hybridized carbons (Fsp3) is 0.556. The number of nitrogens with one attached hydrogen (secondary N) is 1. The summed E-state index contributed by atoms with van der Waals surface area (Å²) in [5.74, 6) is 0.614. The summed E-state index contributed by atoms with van der Waals surface area (Å²) in [5.41, 5.74) is 1.38. The average Bonchev–Trinajstić information content (AvgIpc) is 3.20. The first-order chi connectivity index (χ1) is 12.7. The van der Waals surface area contributed by atoms with Crippen molar-refractivity contribution in [3.05, 3.63) is 37.7 Å². The minimum Gasteiger partial charge on any atom is -0.348 e. The van der Waals surface area contributed by atoms with Gasteiger partial charge in [0.1, 0.15) is 4.88 Å². The minimum absolute atomic E-state index is 0.0678. The highest BCUT2D eigenvalue weighted by atomic mass is 32.1. The van der Waals surface area contributed by atoms with Crippen LogP contribution in [-0.4, -0.2) is 70.9 Å². The van der Waals surface area contributed by atoms with E-state index in [-0.39, 0.29) is 17.5 Å². The number of H-pyrrole nitrogens is 1. The third kappa shape index (κ3) is 4.36. The summed E-state index contributed by atoms with van der Waals surface area (Å²) in [7, 11) is 5.70. The number of carbonyl (C=O) groups excluding carboxylic acids is 1. The molecule has 1 saturated heterocycles. The molecule has 0 radical (unpaired) electrons. The Morgan fingerprint density at radius 3 is 2.70 bits per heavy atom. The van der Waals surface area contributed by atoms with E-state index in [2.05, 4.69) is 19.9 Å². The lowest BCUT2D eigenvalue weighted by Crippen LogP contribution is -2.36. The Hall–Kier alpha value is -2.26. The summed E-state index contributed by atoms with van der Waals surface area (Å²) in [6.07, 6.45) is 0.906. The van der Waals surface area contributed by atoms with Crippen molar-refractivity contribution in [1.29, 1.82) is 0 Å². The zero-order chi connectivity index (χ0) is 19.7. The van der Waals surface area contributed by atoms with E-state index >= 15 is 0 Å². The highest BCUT2D eigenvalue weighted by Crippen LogP contribution is 2.23. The fourth-order valence-corrected chi connectivity index (χ4v) is 4.22. The van der Waals surface area contributed by atoms with Gasteiger partial charge in [0.2, 0.25) is 5.95 Å². The molecule has 8 nitrogen and oxygen atoms in total. The van der Waals surface area contributed by atoms with E-state index in [9.17, 15) is 9.59 Å². The Bertz CT molecular complexity index is 890. The van der Waals surface area contributed by atoms with Crippen LogP contribution in [0.1, 0.15) is 32.5 Å². The average molecular weight is 391 g/mol. The van der Waals surface area contributed by atoms with Crippen LogP contribution in [0.3, 0.4) is 0 Å². The summed E-state index contributed by atoms with van der Waals surface area (Å²) >= 11 is 1.46. The number of aryl methyl sites for hydroxylation is 2. The number of anilines is 1. The highest BCUT2D eigenvalue weighted by molar-refractivity contribution is 7.13. The number of carbonyl (C=O) groups is 1. The largest absolute Gasteiger partial charge is 0.348 e. The predicted molar refractivity (Wildman–Crippen MR) is 107 cm³/mol. The Morgan fingerprint density at radius 1 is 1.33 bits per heavy atom. The molecule has 146 valence electrons. The van der Waals surface area contributed by atoms with Crippen molar-refractivity contribution in [2.75, 3.05) is 39.1 Å². The van der Waals surface area contributed by atoms with Crippen molar-refractivity contribution in [2.45, 2.75) is 32.9 Å². The molecule has 1 N–H and O–H groups in total. The van der Waals surface area contributed by atoms with Crippen LogP contribution in [0.5, 0.6) is 0 Å². The summed E-state index contributed by atoms with van der Waals surface area (Å²) < 4.78 is 0. The summed E-state index contributed by atoms with van der Waals surface area (Å²) in [6.45, 7) is 5.78. The minimum atomic E-state index is -0.156. The normalized spacial score (nSPS) is 17.0. The van der Waals surface area contributed by atoms with E-state index in [4.69, 9.17) is 0 Å². The third-order valence-corrected chi connectivity index (χ3v) is 5.85. The second kappa shape index (κ2) is 7.77. The van der Waals surface area contributed by atoms with Crippen LogP contribution >= 0.6 is 11.3 Å². The zero-order valence-electron chi connectivity index (χ0n) is 16.4. The molecule has 2 aromatic rings. The molecule has 0 saturated carbocycles. The molecule has 27 heavy (non-hydrogen) atoms. The zero-order valence-corrected chi connectivity index (χ0v) is 17.3. The van der Waals surface area contributed by atoms with Gasteiger partial charge in [0, 0.05) is 45.8 Å². The van der Waals surface area contributed by atoms with Gasteiger partial charge in [0.05, 0.1) is 16.4 Å². The van der Waals surface area contributed by atoms with Gasteiger partial charge in [-0.25, -0.2) is 9.97 Å². The predicted octanol–water partition coefficient (Wildman–Crippen LogP) is 1.26. The topological polar surface area (TPSA) is 85.4 Å². The van der Waals surface area contributed by atoms with Crippen molar-refractivity contribution >= 4 is 23.2 Å². The Balaban J connectivity index is 1.66. The van der Waals surface area contributed by atoms with E-state index in [1.807, 2.05) is 39.9 Å². The molecule has 1 fully saturated rings. The van der Waals surface area contributed by atoms with Crippen LogP contribution in [0.4, 0.5) is 5.95 Å². The monoisotopic (exact) mass is 390 g/mol. The molecule has 0 bridgehead atoms. The van der Waals surface area contributed by atoms with Gasteiger partial charge < -0.3 is 9.80 Å². The lowest BCUT2D eigenvalue weighted by molar-refractivity contribution is 0.0783. The number of amides is 1. The first-order valence-electron chi connectivity index (χ1n) is 8.95. The number of likely N-dealkylation sites (tertiary alicyclic amines) is 1.